The molecule has 1 saturated carbocycles. The Kier molecular flexibility index (Phi) is 10.2. The van der Waals surface area contributed by atoms with Crippen LogP contribution in [0.4, 0.5) is 0 Å². The number of nitrogens with one attached hydrogen (secondary N) is 1. The van der Waals surface area contributed by atoms with Gasteiger partial charge in [-0.05, 0) is 91.8 Å². The van der Waals surface area contributed by atoms with Gasteiger partial charge in [0.1, 0.15) is 0 Å². The number of nitrogens with zero attached hydrogens (tertiary/aromatic N) is 1. The second-order valence-electron chi connectivity index (χ2n) is 12.2. The van der Waals surface area contributed by atoms with Gasteiger partial charge in [0.05, 0.1) is 16.5 Å². The van der Waals surface area contributed by atoms with Crippen molar-refractivity contribution in [3.63, 3.8) is 0 Å². The Hall–Kier alpha value is -3.58. The third-order valence-electron chi connectivity index (χ3n) is 9.00. The molecule has 2 fully saturated rings. The van der Waals surface area contributed by atoms with Crippen molar-refractivity contribution in [2.45, 2.75) is 69.9 Å². The fraction of sp³-hybridized carbons (Fsp3) is 0.324. The number of hydrogen-bond acceptors (Lipinski definition) is 4. The normalized spacial score (nSPS) is 17.6. The zero-order chi connectivity index (χ0) is 32.2. The number of amides is 2. The Bertz CT molecular complexity index is 1840. The molecule has 0 bridgehead atoms. The zero-order valence-electron chi connectivity index (χ0n) is 25.4. The van der Waals surface area contributed by atoms with Crippen LogP contribution in [0.25, 0.3) is 11.0 Å². The number of carbonyl (C=O) groups excluding carboxylic acids is 2. The van der Waals surface area contributed by atoms with Gasteiger partial charge < -0.3 is 14.6 Å². The topological polar surface area (TPSA) is 79.6 Å². The first-order valence-corrected chi connectivity index (χ1v) is 16.9. The van der Waals surface area contributed by atoms with E-state index in [-0.39, 0.29) is 33.7 Å². The maximum atomic E-state index is 13.5. The number of rotatable bonds is 8. The fourth-order valence-electron chi connectivity index (χ4n) is 6.62. The fourth-order valence-corrected chi connectivity index (χ4v) is 7.28. The molecule has 6 nitrogen and oxygen atoms in total. The van der Waals surface area contributed by atoms with Crippen molar-refractivity contribution >= 4 is 57.6 Å². The molecule has 0 spiro atoms. The van der Waals surface area contributed by atoms with E-state index >= 15 is 0 Å². The van der Waals surface area contributed by atoms with Gasteiger partial charge in [0, 0.05) is 35.6 Å². The van der Waals surface area contributed by atoms with Crippen molar-refractivity contribution in [3.8, 4) is 0 Å². The van der Waals surface area contributed by atoms with Crippen LogP contribution in [0, 0.1) is 0 Å². The molecule has 1 atom stereocenters. The van der Waals surface area contributed by atoms with Gasteiger partial charge in [-0.2, -0.15) is 0 Å². The van der Waals surface area contributed by atoms with E-state index in [4.69, 9.17) is 39.2 Å². The first kappa shape index (κ1) is 32.4. The molecule has 0 unspecified atom stereocenters. The minimum absolute atomic E-state index is 0.117. The molecule has 238 valence electrons. The molecule has 2 aliphatic rings. The molecule has 2 heterocycles. The van der Waals surface area contributed by atoms with E-state index in [2.05, 4.69) is 35.7 Å². The number of benzene rings is 3. The molecule has 1 aromatic heterocycles. The van der Waals surface area contributed by atoms with Crippen molar-refractivity contribution < 1.29 is 14.0 Å². The lowest BCUT2D eigenvalue weighted by molar-refractivity contribution is -0.133. The largest absolute Gasteiger partial charge is 0.449 e. The summed E-state index contributed by atoms with van der Waals surface area (Å²) in [5.41, 5.74) is 4.58. The number of carbonyl (C=O) groups is 2. The summed E-state index contributed by atoms with van der Waals surface area (Å²) in [4.78, 5) is 40.8. The van der Waals surface area contributed by atoms with Crippen LogP contribution in [0.2, 0.25) is 15.1 Å². The highest BCUT2D eigenvalue weighted by atomic mass is 35.5. The minimum atomic E-state index is -0.504. The third-order valence-corrected chi connectivity index (χ3v) is 9.75. The van der Waals surface area contributed by atoms with Crippen LogP contribution in [0.5, 0.6) is 0 Å². The van der Waals surface area contributed by atoms with Gasteiger partial charge in [0.2, 0.25) is 5.91 Å². The molecule has 2 amide bonds. The highest BCUT2D eigenvalue weighted by Gasteiger charge is 2.25. The Morgan fingerprint density at radius 3 is 2.46 bits per heavy atom. The van der Waals surface area contributed by atoms with Crippen molar-refractivity contribution in [1.82, 2.24) is 10.2 Å². The molecule has 1 saturated heterocycles. The van der Waals surface area contributed by atoms with Gasteiger partial charge >= 0.3 is 0 Å². The third kappa shape index (κ3) is 7.68. The summed E-state index contributed by atoms with van der Waals surface area (Å²) in [6.45, 7) is 1.50. The molecular weight excluding hydrogens is 643 g/mol. The van der Waals surface area contributed by atoms with Gasteiger partial charge in [-0.15, -0.1) is 0 Å². The molecule has 9 heteroatoms. The summed E-state index contributed by atoms with van der Waals surface area (Å²) in [5.74, 6) is 0.0336. The smallest absolute Gasteiger partial charge is 0.287 e. The van der Waals surface area contributed by atoms with Gasteiger partial charge in [0.25, 0.3) is 5.91 Å². The molecule has 1 aliphatic carbocycles. The maximum absolute atomic E-state index is 13.5. The van der Waals surface area contributed by atoms with E-state index in [9.17, 15) is 14.4 Å². The first-order chi connectivity index (χ1) is 22.2. The van der Waals surface area contributed by atoms with Crippen LogP contribution in [-0.2, 0) is 17.8 Å². The lowest BCUT2D eigenvalue weighted by Gasteiger charge is -2.31. The summed E-state index contributed by atoms with van der Waals surface area (Å²) in [5, 5.41) is 4.41. The molecule has 0 radical (unpaired) electrons. The van der Waals surface area contributed by atoms with Crippen molar-refractivity contribution in [1.29, 1.82) is 0 Å². The number of piperidine rings is 1. The second kappa shape index (κ2) is 14.5. The molecule has 3 aromatic carbocycles. The van der Waals surface area contributed by atoms with Gasteiger partial charge in [-0.25, -0.2) is 0 Å². The van der Waals surface area contributed by atoms with Gasteiger partial charge in [-0.1, -0.05) is 82.9 Å². The second-order valence-corrected chi connectivity index (χ2v) is 13.5. The van der Waals surface area contributed by atoms with Crippen LogP contribution >= 0.6 is 34.8 Å². The molecule has 1 N–H and O–H groups in total. The SMILES string of the molecule is O=C(N[C@H](C=C1CCC(c2ccccc2CN2CCCCC2=O)CC1)Cc1ccc(Cl)cc1)c1cc(=O)c2cc(Cl)cc(Cl)c2o1. The monoisotopic (exact) mass is 676 g/mol. The number of halogens is 3. The summed E-state index contributed by atoms with van der Waals surface area (Å²) in [6, 6.07) is 19.9. The Labute approximate surface area is 283 Å². The van der Waals surface area contributed by atoms with E-state index in [1.807, 2.05) is 29.2 Å². The van der Waals surface area contributed by atoms with E-state index in [0.29, 0.717) is 35.3 Å². The quantitative estimate of drug-likeness (QED) is 0.189. The average molecular weight is 678 g/mol. The Balaban J connectivity index is 1.20. The van der Waals surface area contributed by atoms with Gasteiger partial charge in [0.15, 0.2) is 16.8 Å². The van der Waals surface area contributed by atoms with Crippen molar-refractivity contribution in [2.75, 3.05) is 6.54 Å². The lowest BCUT2D eigenvalue weighted by atomic mass is 9.79. The van der Waals surface area contributed by atoms with Crippen molar-refractivity contribution in [2.24, 2.45) is 0 Å². The van der Waals surface area contributed by atoms with E-state index in [1.165, 1.54) is 34.9 Å². The Morgan fingerprint density at radius 2 is 1.70 bits per heavy atom. The standard InChI is InChI=1S/C37H35Cl3N2O4/c38-27-14-10-24(11-15-27)18-29(41-37(45)34-21-33(43)31-19-28(39)20-32(40)36(31)46-34)17-23-8-12-25(13-9-23)30-6-2-1-5-26(30)22-42-16-4-3-7-35(42)44/h1-2,5-6,10-11,14-15,17,19-21,25,29H,3-4,7-9,12-13,16,18,22H2,(H,41,45)/t25?,29-/m1/s1. The van der Waals surface area contributed by atoms with Crippen LogP contribution < -0.4 is 10.7 Å². The summed E-state index contributed by atoms with van der Waals surface area (Å²) >= 11 is 18.5. The highest BCUT2D eigenvalue weighted by Crippen LogP contribution is 2.38. The van der Waals surface area contributed by atoms with Crippen LogP contribution in [-0.4, -0.2) is 29.3 Å². The number of hydrogen-bond donors (Lipinski definition) is 1. The van der Waals surface area contributed by atoms with Gasteiger partial charge in [-0.3, -0.25) is 14.4 Å². The number of allylic oxidation sites excluding steroid dienone is 1. The van der Waals surface area contributed by atoms with Crippen LogP contribution in [0.1, 0.15) is 78.1 Å². The van der Waals surface area contributed by atoms with E-state index < -0.39 is 11.3 Å². The molecule has 6 rings (SSSR count). The van der Waals surface area contributed by atoms with E-state index in [1.54, 1.807) is 0 Å². The minimum Gasteiger partial charge on any atom is -0.449 e. The molecule has 4 aromatic rings. The predicted molar refractivity (Wildman–Crippen MR) is 184 cm³/mol. The molecule has 46 heavy (non-hydrogen) atoms. The molecule has 1 aliphatic heterocycles. The number of likely N-dealkylation sites (tertiary alicyclic amines) is 1. The summed E-state index contributed by atoms with van der Waals surface area (Å²) in [6.07, 6.45) is 9.14. The predicted octanol–water partition coefficient (Wildman–Crippen LogP) is 8.89. The Morgan fingerprint density at radius 1 is 0.935 bits per heavy atom. The summed E-state index contributed by atoms with van der Waals surface area (Å²) < 4.78 is 5.82. The van der Waals surface area contributed by atoms with Crippen molar-refractivity contribution in [3.05, 3.63) is 126 Å². The van der Waals surface area contributed by atoms with E-state index in [0.717, 1.165) is 50.6 Å². The van der Waals surface area contributed by atoms with Crippen LogP contribution in [0.3, 0.4) is 0 Å². The zero-order valence-corrected chi connectivity index (χ0v) is 27.6. The molecular formula is C37H35Cl3N2O4. The lowest BCUT2D eigenvalue weighted by Crippen LogP contribution is -2.36. The average Bonchev–Trinajstić information content (AvgIpc) is 3.04. The maximum Gasteiger partial charge on any atom is 0.287 e. The highest BCUT2D eigenvalue weighted by molar-refractivity contribution is 6.38. The van der Waals surface area contributed by atoms with Crippen LogP contribution in [0.15, 0.2) is 87.6 Å². The summed E-state index contributed by atoms with van der Waals surface area (Å²) in [7, 11) is 0. The first-order valence-electron chi connectivity index (χ1n) is 15.8. The number of fused-ring (bicyclic) bond motifs is 1.